The van der Waals surface area contributed by atoms with Gasteiger partial charge in [-0.1, -0.05) is 514 Å². The number of rotatable bonds is 82. The predicted octanol–water partition coefficient (Wildman–Crippen LogP) is 43.9. The van der Waals surface area contributed by atoms with E-state index < -0.39 is 209 Å². The van der Waals surface area contributed by atoms with Gasteiger partial charge >= 0.3 is 49.4 Å². The van der Waals surface area contributed by atoms with Gasteiger partial charge in [0.05, 0.1) is 44.5 Å². The first-order chi connectivity index (χ1) is 68.3. The molecule has 0 aliphatic carbocycles. The van der Waals surface area contributed by atoms with Crippen LogP contribution in [0.3, 0.4) is 0 Å². The summed E-state index contributed by atoms with van der Waals surface area (Å²) < 4.78 is 348. The van der Waals surface area contributed by atoms with Gasteiger partial charge in [0, 0.05) is 37.0 Å². The third kappa shape index (κ3) is 57.5. The molecule has 0 atom stereocenters. The van der Waals surface area contributed by atoms with Crippen molar-refractivity contribution in [2.24, 2.45) is 0 Å². The van der Waals surface area contributed by atoms with Gasteiger partial charge in [0.1, 0.15) is 6.15 Å². The van der Waals surface area contributed by atoms with Crippen molar-refractivity contribution in [3.63, 3.8) is 0 Å². The van der Waals surface area contributed by atoms with E-state index in [-0.39, 0.29) is 0 Å². The van der Waals surface area contributed by atoms with Gasteiger partial charge in [-0.25, -0.2) is 0 Å². The van der Waals surface area contributed by atoms with E-state index in [9.17, 15) is 105 Å². The molecule has 28 heteroatoms. The SMILES string of the molecule is CCCCCCCCCCCCCCP(CCCCCCCCCCCCCC)(CCCCCCCCCCCCCC)=[N+]=P(CCCCCCCCCCCCCC)(CCCCCCCCCCCCCC)CCCCCCCCCCCCCC.FC(F)(F)c1cc([B-](c2cc(C(F)(F)F)cc(C(F)(F)F)c2)(c2cc(C(F)(F)F)cc(C(F)(F)F)c2)c2cc(C(F)(F)F)cc(C(F)(F)F)c2)cc(C(F)(F)F)c1. The van der Waals surface area contributed by atoms with Crippen LogP contribution in [-0.4, -0.2) is 43.1 Å². The van der Waals surface area contributed by atoms with Crippen molar-refractivity contribution in [1.29, 1.82) is 0 Å². The van der Waals surface area contributed by atoms with Crippen molar-refractivity contribution in [1.82, 2.24) is 4.17 Å². The maximum atomic E-state index is 14.2. The molecule has 0 aromatic heterocycles. The van der Waals surface area contributed by atoms with Crippen molar-refractivity contribution in [3.05, 3.63) is 117 Å². The molecule has 0 N–H and O–H groups in total. The lowest BCUT2D eigenvalue weighted by atomic mass is 9.12. The van der Waals surface area contributed by atoms with Gasteiger partial charge < -0.3 is 0 Å². The number of hydrogen-bond acceptors (Lipinski definition) is 0. The first-order valence-corrected chi connectivity index (χ1v) is 61.8. The van der Waals surface area contributed by atoms with Gasteiger partial charge in [-0.15, -0.1) is 0 Å². The van der Waals surface area contributed by atoms with Gasteiger partial charge in [-0.3, -0.25) is 0 Å². The summed E-state index contributed by atoms with van der Waals surface area (Å²) in [4.78, 5) is 0. The van der Waals surface area contributed by atoms with Gasteiger partial charge in [-0.05, 0) is 62.8 Å². The standard InChI is InChI=1S/C84H174NP2.C32H12BF24/c1-7-13-19-25-31-37-43-49-55-61-67-73-79-86(80-74-68-62-56-50-44-38-32-26-20-14-8-2,81-75-69-63-57-51-45-39-33-27-21-15-9-3)85-87(82-76-70-64-58-52-46-40-34-28-22-16-10-4,83-77-71-65-59-53-47-41-35-29-23-17-11-5)84-78-72-66-60-54-48-42-36-30-24-18-12-6;34-25(35,36)13-1-14(26(37,38)39)6-21(5-13)33(22-7-15(27(40,41)42)2-16(8-22)28(43,44)45,23-9-17(29(46,47)48)3-18(10-23)30(49,50)51)24-11-19(31(52,53)54)4-20(12-24)32(55,56)57/h7-84H2,1-6H3;1-12H/q+1;-1. The monoisotopic (exact) mass is 2120 g/mol. The molecule has 0 radical (unpaired) electrons. The summed E-state index contributed by atoms with van der Waals surface area (Å²) in [7, 11) is -2.87. The second-order valence-corrected chi connectivity index (χ2v) is 50.0. The first kappa shape index (κ1) is 134. The number of nitrogens with zero attached hydrogens (tertiary/aromatic N) is 1. The smallest absolute Gasteiger partial charge is 0.194 e. The zero-order valence-corrected chi connectivity index (χ0v) is 90.9. The molecule has 4 rings (SSSR count). The average molecular weight is 2120 g/mol. The second kappa shape index (κ2) is 74.0. The minimum absolute atomic E-state index is 0.691. The summed E-state index contributed by atoms with van der Waals surface area (Å²) in [5, 5.41) is 0. The molecule has 0 aliphatic rings. The van der Waals surface area contributed by atoms with Crippen LogP contribution < -0.4 is 26.0 Å². The van der Waals surface area contributed by atoms with Crippen molar-refractivity contribution in [2.75, 3.05) is 37.0 Å². The van der Waals surface area contributed by atoms with Gasteiger partial charge in [0.25, 0.3) is 0 Å². The van der Waals surface area contributed by atoms with Crippen LogP contribution in [0.25, 0.3) is 0 Å². The predicted molar refractivity (Wildman–Crippen MR) is 562 cm³/mol. The molecule has 4 aromatic carbocycles. The summed E-state index contributed by atoms with van der Waals surface area (Å²) in [6.07, 6.45) is 60.4. The van der Waals surface area contributed by atoms with Crippen LogP contribution in [0.15, 0.2) is 72.8 Å². The van der Waals surface area contributed by atoms with Crippen molar-refractivity contribution in [2.45, 2.75) is 553 Å². The topological polar surface area (TPSA) is 14.1 Å². The molecule has 0 heterocycles. The van der Waals surface area contributed by atoms with Crippen molar-refractivity contribution in [3.8, 4) is 0 Å². The maximum absolute atomic E-state index is 14.2. The quantitative estimate of drug-likeness (QED) is 0.0138. The van der Waals surface area contributed by atoms with Crippen LogP contribution in [-0.2, 0) is 49.4 Å². The van der Waals surface area contributed by atoms with E-state index in [1.54, 1.807) is 0 Å². The summed E-state index contributed by atoms with van der Waals surface area (Å²) in [5.41, 5.74) is -30.2. The Morgan fingerprint density at radius 2 is 0.236 bits per heavy atom. The van der Waals surface area contributed by atoms with E-state index in [4.69, 9.17) is 4.17 Å². The lowest BCUT2D eigenvalue weighted by Crippen LogP contribution is -2.75. The van der Waals surface area contributed by atoms with E-state index in [0.717, 1.165) is 0 Å². The molecule has 836 valence electrons. The Balaban J connectivity index is 0.000000802. The van der Waals surface area contributed by atoms with E-state index in [2.05, 4.69) is 41.5 Å². The Bertz CT molecular complexity index is 3350. The zero-order chi connectivity index (χ0) is 107. The van der Waals surface area contributed by atoms with Crippen LogP contribution in [0, 0.1) is 0 Å². The number of hydrogen-bond donors (Lipinski definition) is 0. The Labute approximate surface area is 854 Å². The number of unbranched alkanes of at least 4 members (excludes halogenated alkanes) is 66. The van der Waals surface area contributed by atoms with E-state index in [1.807, 2.05) is 0 Å². The normalized spacial score (nSPS) is 13.0. The van der Waals surface area contributed by atoms with E-state index >= 15 is 0 Å². The van der Waals surface area contributed by atoms with Crippen LogP contribution in [0.5, 0.6) is 0 Å². The molecule has 144 heavy (non-hydrogen) atoms. The third-order valence-electron chi connectivity index (χ3n) is 29.4. The van der Waals surface area contributed by atoms with Gasteiger partial charge in [0.15, 0.2) is 0 Å². The Morgan fingerprint density at radius 1 is 0.146 bits per heavy atom. The average Bonchev–Trinajstić information content (AvgIpc) is 0.705. The number of halogens is 24. The molecule has 0 saturated carbocycles. The fraction of sp³-hybridized carbons (Fsp3) is 0.793. The van der Waals surface area contributed by atoms with E-state index in [0.29, 0.717) is 0 Å². The largest absolute Gasteiger partial charge is 0.416 e. The summed E-state index contributed by atoms with van der Waals surface area (Å²) in [6.45, 7) is 14.2. The lowest BCUT2D eigenvalue weighted by molar-refractivity contribution is -0.144. The van der Waals surface area contributed by atoms with Gasteiger partial charge in [0.2, 0.25) is 14.1 Å². The highest BCUT2D eigenvalue weighted by Crippen LogP contribution is 2.57. The minimum atomic E-state index is -6.13. The Morgan fingerprint density at radius 3 is 0.326 bits per heavy atom. The molecule has 0 bridgehead atoms. The Kier molecular flexibility index (Phi) is 68.8. The number of alkyl halides is 24. The second-order valence-electron chi connectivity index (χ2n) is 42.2. The highest BCUT2D eigenvalue weighted by Gasteiger charge is 2.48. The molecule has 0 spiro atoms. The summed E-state index contributed by atoms with van der Waals surface area (Å²) in [6, 6.07) is -8.81. The molecule has 0 unspecified atom stereocenters. The summed E-state index contributed by atoms with van der Waals surface area (Å²) in [5.74, 6) is 0. The zero-order valence-electron chi connectivity index (χ0n) is 89.1. The first-order valence-electron chi connectivity index (χ1n) is 57.2. The van der Waals surface area contributed by atoms with Crippen LogP contribution in [0.4, 0.5) is 105 Å². The third-order valence-corrected chi connectivity index (χ3v) is 39.3. The van der Waals surface area contributed by atoms with Crippen LogP contribution in [0.2, 0.25) is 0 Å². The molecular formula is C116H186BF24NP2. The molecule has 1 nitrogen and oxygen atoms in total. The highest BCUT2D eigenvalue weighted by atomic mass is 31.2. The summed E-state index contributed by atoms with van der Waals surface area (Å²) >= 11 is 0. The molecule has 0 fully saturated rings. The molecule has 0 aliphatic heterocycles. The fourth-order valence-electron chi connectivity index (χ4n) is 20.9. The molecule has 0 saturated heterocycles. The van der Waals surface area contributed by atoms with Gasteiger partial charge in [-0.2, -0.15) is 131 Å². The fourth-order valence-corrected chi connectivity index (χ4v) is 32.5. The highest BCUT2D eigenvalue weighted by molar-refractivity contribution is 7.73. The van der Waals surface area contributed by atoms with Crippen LogP contribution >= 0.6 is 14.1 Å². The lowest BCUT2D eigenvalue weighted by Gasteiger charge is -2.46. The van der Waals surface area contributed by atoms with E-state index in [1.165, 1.54) is 499 Å². The van der Waals surface area contributed by atoms with Crippen molar-refractivity contribution < 1.29 is 105 Å². The molecule has 4 aromatic rings. The maximum Gasteiger partial charge on any atom is 0.416 e. The van der Waals surface area contributed by atoms with Crippen molar-refractivity contribution >= 4 is 42.1 Å². The molecular weight excluding hydrogens is 1940 g/mol. The Hall–Kier alpha value is -4.17. The molecule has 0 amide bonds. The number of benzene rings is 4. The van der Waals surface area contributed by atoms with Crippen LogP contribution in [0.1, 0.15) is 548 Å². The minimum Gasteiger partial charge on any atom is -0.194 e.